The minimum absolute atomic E-state index is 0.860. The maximum Gasteiger partial charge on any atom is 0.187 e. The molecule has 12 unspecified atom stereocenters. The van der Waals surface area contributed by atoms with Crippen LogP contribution in [0, 0.1) is 0 Å². The van der Waals surface area contributed by atoms with E-state index < -0.39 is 217 Å². The molecule has 6 heterocycles. The monoisotopic (exact) mass is 973 g/mol. The minimum atomic E-state index is -2.15. The molecule has 0 aliphatic carbocycles. The number of nitrogens with two attached hydrogens (primary N) is 1. The van der Waals surface area contributed by atoms with Crippen molar-refractivity contribution in [1.29, 1.82) is 0 Å². The third kappa shape index (κ3) is 10.8. The summed E-state index contributed by atoms with van der Waals surface area (Å²) in [5.74, 6) is 0. The fraction of sp³-hybridized carbons (Fsp3) is 1.00. The number of ether oxygens (including phenoxy) is 11. The van der Waals surface area contributed by atoms with Crippen LogP contribution >= 0.6 is 0 Å². The Balaban J connectivity index is 1.18. The molecule has 6 aliphatic rings. The standard InChI is InChI=1S/C36H63NO29/c1-7-14(43)18(47)23(52)33(56-7)66-30-19(48)15(44)8(2-38)60-36(30)64-28-13(37)32(58-9(3-39)16(28)45)65-29-17(46)10(4-40)59-35(25(29)54)63-27-12(6-42)61-34(24(53)21(27)50)62-26-11(5-41)57-31(55)22(51)20(26)49/h7-36,38-55H,2-6,37H2,1H3/t7?,8?,9?,10?,11?,12?,13?,14-,15+,16+,17+,18+,19+,20-,21-,22?,23?,24?,25+,26-,27+,28-,29?,30?,31-,32+,33+,34+,35-,36+/m1/s1. The second-order valence-electron chi connectivity index (χ2n) is 16.8. The number of hydrogen-bond donors (Lipinski definition) is 19. The molecule has 66 heavy (non-hydrogen) atoms. The van der Waals surface area contributed by atoms with E-state index in [1.54, 1.807) is 0 Å². The molecule has 30 heteroatoms. The summed E-state index contributed by atoms with van der Waals surface area (Å²) in [6.07, 6.45) is -52.9. The van der Waals surface area contributed by atoms with Crippen molar-refractivity contribution in [3.8, 4) is 0 Å². The van der Waals surface area contributed by atoms with Crippen molar-refractivity contribution in [3.05, 3.63) is 0 Å². The van der Waals surface area contributed by atoms with Gasteiger partial charge in [0.05, 0.1) is 45.2 Å². The van der Waals surface area contributed by atoms with Gasteiger partial charge in [0.25, 0.3) is 0 Å². The molecule has 6 rings (SSSR count). The Bertz CT molecular complexity index is 1490. The first kappa shape index (κ1) is 54.1. The zero-order valence-corrected chi connectivity index (χ0v) is 35.0. The Morgan fingerprint density at radius 3 is 1.27 bits per heavy atom. The van der Waals surface area contributed by atoms with Gasteiger partial charge in [-0.25, -0.2) is 0 Å². The van der Waals surface area contributed by atoms with Crippen LogP contribution in [0.15, 0.2) is 0 Å². The van der Waals surface area contributed by atoms with Crippen LogP contribution in [0.1, 0.15) is 6.92 Å². The van der Waals surface area contributed by atoms with Crippen LogP contribution in [-0.2, 0) is 52.1 Å². The summed E-state index contributed by atoms with van der Waals surface area (Å²) in [5, 5.41) is 190. The summed E-state index contributed by atoms with van der Waals surface area (Å²) in [5.41, 5.74) is 6.47. The van der Waals surface area contributed by atoms with Crippen molar-refractivity contribution < 1.29 is 144 Å². The minimum Gasteiger partial charge on any atom is -0.394 e. The average Bonchev–Trinajstić information content (AvgIpc) is 3.30. The van der Waals surface area contributed by atoms with Gasteiger partial charge in [-0.3, -0.25) is 0 Å². The summed E-state index contributed by atoms with van der Waals surface area (Å²) in [6.45, 7) is -3.36. The van der Waals surface area contributed by atoms with Crippen molar-refractivity contribution in [1.82, 2.24) is 0 Å². The normalized spacial score (nSPS) is 54.0. The summed E-state index contributed by atoms with van der Waals surface area (Å²) < 4.78 is 61.8. The number of rotatable bonds is 15. The predicted octanol–water partition coefficient (Wildman–Crippen LogP) is -13.1. The summed E-state index contributed by atoms with van der Waals surface area (Å²) in [7, 11) is 0. The highest BCUT2D eigenvalue weighted by Gasteiger charge is 2.57. The first-order chi connectivity index (χ1) is 31.2. The molecule has 0 aromatic carbocycles. The van der Waals surface area contributed by atoms with E-state index in [0.717, 1.165) is 0 Å². The van der Waals surface area contributed by atoms with Crippen LogP contribution in [0.4, 0.5) is 0 Å². The lowest BCUT2D eigenvalue weighted by Crippen LogP contribution is -2.69. The number of aliphatic hydroxyl groups excluding tert-OH is 18. The van der Waals surface area contributed by atoms with Crippen LogP contribution in [0.2, 0.25) is 0 Å². The largest absolute Gasteiger partial charge is 0.394 e. The van der Waals surface area contributed by atoms with Gasteiger partial charge in [-0.15, -0.1) is 0 Å². The summed E-state index contributed by atoms with van der Waals surface area (Å²) in [4.78, 5) is 0. The molecule has 6 fully saturated rings. The highest BCUT2D eigenvalue weighted by molar-refractivity contribution is 5.00. The quantitative estimate of drug-likeness (QED) is 0.0724. The van der Waals surface area contributed by atoms with Gasteiger partial charge in [0.2, 0.25) is 0 Å². The van der Waals surface area contributed by atoms with Crippen molar-refractivity contribution in [2.24, 2.45) is 5.73 Å². The Morgan fingerprint density at radius 2 is 0.697 bits per heavy atom. The molecule has 0 aromatic rings. The molecule has 0 bridgehead atoms. The molecule has 30 atom stereocenters. The predicted molar refractivity (Wildman–Crippen MR) is 200 cm³/mol. The van der Waals surface area contributed by atoms with Crippen LogP contribution < -0.4 is 5.73 Å². The van der Waals surface area contributed by atoms with Gasteiger partial charge in [-0.05, 0) is 6.92 Å². The molecule has 30 nitrogen and oxygen atoms in total. The van der Waals surface area contributed by atoms with Gasteiger partial charge in [0, 0.05) is 0 Å². The zero-order chi connectivity index (χ0) is 48.6. The summed E-state index contributed by atoms with van der Waals surface area (Å²) in [6, 6.07) is -1.73. The van der Waals surface area contributed by atoms with E-state index in [1.165, 1.54) is 6.92 Å². The first-order valence-electron chi connectivity index (χ1n) is 21.1. The maximum atomic E-state index is 11.5. The lowest BCUT2D eigenvalue weighted by molar-refractivity contribution is -0.392. The van der Waals surface area contributed by atoms with Gasteiger partial charge in [-0.2, -0.15) is 0 Å². The maximum absolute atomic E-state index is 11.5. The van der Waals surface area contributed by atoms with Gasteiger partial charge in [0.15, 0.2) is 37.7 Å². The topological polar surface area (TPSA) is 492 Å². The van der Waals surface area contributed by atoms with Gasteiger partial charge in [0.1, 0.15) is 134 Å². The van der Waals surface area contributed by atoms with Gasteiger partial charge >= 0.3 is 0 Å². The molecule has 6 aliphatic heterocycles. The molecule has 0 spiro atoms. The average molecular weight is 974 g/mol. The Kier molecular flexibility index (Phi) is 18.8. The third-order valence-electron chi connectivity index (χ3n) is 12.5. The molecular formula is C36H63NO29. The van der Waals surface area contributed by atoms with Crippen LogP contribution in [0.3, 0.4) is 0 Å². The van der Waals surface area contributed by atoms with Crippen LogP contribution in [-0.4, -0.2) is 309 Å². The number of hydrogen-bond acceptors (Lipinski definition) is 30. The SMILES string of the molecule is CC1O[C@@H](OC2[C@H](O[C@@H]3C(N)[C@H](OC4[C@@H](O)C(CO)O[C@H](O[C@H]5C(CO)O[C@@H](O[C@@H]6C(CO)O[C@@H](O)C(O)[C@H]6O)C(O)[C@H]5O)[C@H]4O)OC(CO)[C@@H]3O)OC(CO)[C@H](O)[C@@H]2O)C(O)[C@@H](O)[C@@H]1O. The second kappa shape index (κ2) is 22.9. The molecule has 0 aromatic heterocycles. The van der Waals surface area contributed by atoms with Crippen molar-refractivity contribution in [3.63, 3.8) is 0 Å². The van der Waals surface area contributed by atoms with Gasteiger partial charge in [-0.1, -0.05) is 0 Å². The molecule has 0 saturated carbocycles. The van der Waals surface area contributed by atoms with E-state index in [2.05, 4.69) is 0 Å². The smallest absolute Gasteiger partial charge is 0.187 e. The second-order valence-corrected chi connectivity index (χ2v) is 16.8. The van der Waals surface area contributed by atoms with Gasteiger partial charge < -0.3 is 150 Å². The Labute approximate surface area is 373 Å². The van der Waals surface area contributed by atoms with E-state index in [1.807, 2.05) is 0 Å². The molecule has 386 valence electrons. The van der Waals surface area contributed by atoms with Crippen molar-refractivity contribution in [2.45, 2.75) is 191 Å². The molecule has 20 N–H and O–H groups in total. The first-order valence-corrected chi connectivity index (χ1v) is 21.1. The highest BCUT2D eigenvalue weighted by Crippen LogP contribution is 2.36. The summed E-state index contributed by atoms with van der Waals surface area (Å²) >= 11 is 0. The molecule has 6 saturated heterocycles. The van der Waals surface area contributed by atoms with E-state index in [4.69, 9.17) is 57.8 Å². The zero-order valence-electron chi connectivity index (χ0n) is 35.0. The Hall–Kier alpha value is -1.20. The fourth-order valence-corrected chi connectivity index (χ4v) is 8.49. The molecule has 0 amide bonds. The molecular weight excluding hydrogens is 910 g/mol. The molecule has 0 radical (unpaired) electrons. The lowest BCUT2D eigenvalue weighted by Gasteiger charge is -2.50. The van der Waals surface area contributed by atoms with Crippen molar-refractivity contribution >= 4 is 0 Å². The fourth-order valence-electron chi connectivity index (χ4n) is 8.49. The highest BCUT2D eigenvalue weighted by atomic mass is 16.8. The van der Waals surface area contributed by atoms with Crippen molar-refractivity contribution in [2.75, 3.05) is 33.0 Å². The van der Waals surface area contributed by atoms with E-state index in [0.29, 0.717) is 0 Å². The van der Waals surface area contributed by atoms with Crippen LogP contribution in [0.25, 0.3) is 0 Å². The Morgan fingerprint density at radius 1 is 0.318 bits per heavy atom. The van der Waals surface area contributed by atoms with E-state index >= 15 is 0 Å². The third-order valence-corrected chi connectivity index (χ3v) is 12.5. The lowest BCUT2D eigenvalue weighted by atomic mass is 9.94. The van der Waals surface area contributed by atoms with Crippen LogP contribution in [0.5, 0.6) is 0 Å². The van der Waals surface area contributed by atoms with E-state index in [9.17, 15) is 91.9 Å². The number of aliphatic hydroxyl groups is 18. The van der Waals surface area contributed by atoms with E-state index in [-0.39, 0.29) is 0 Å².